The summed E-state index contributed by atoms with van der Waals surface area (Å²) in [6.45, 7) is 8.05. The minimum Gasteiger partial charge on any atom is -0.393 e. The number of thiocarbonyl (C=S) groups is 1. The summed E-state index contributed by atoms with van der Waals surface area (Å²) < 4.78 is 0. The highest BCUT2D eigenvalue weighted by atomic mass is 32.1. The lowest BCUT2D eigenvalue weighted by Crippen LogP contribution is -2.34. The highest BCUT2D eigenvalue weighted by molar-refractivity contribution is 7.80. The third kappa shape index (κ3) is 4.45. The number of anilines is 1. The van der Waals surface area contributed by atoms with Gasteiger partial charge >= 0.3 is 0 Å². The van der Waals surface area contributed by atoms with E-state index in [0.717, 1.165) is 18.8 Å². The van der Waals surface area contributed by atoms with Crippen molar-refractivity contribution < 1.29 is 4.79 Å². The standard InChI is InChI=1S/C14H22N4OS/c1-4-16-14(19)12-8-11(6-7-17-12)18(5-2)9-10(3)13(15)20/h6-8,10H,4-5,9H2,1-3H3,(H2,15,20)(H,16,19). The van der Waals surface area contributed by atoms with Crippen LogP contribution in [0.2, 0.25) is 0 Å². The van der Waals surface area contributed by atoms with Crippen molar-refractivity contribution in [1.29, 1.82) is 0 Å². The molecule has 1 amide bonds. The van der Waals surface area contributed by atoms with Gasteiger partial charge in [0, 0.05) is 37.4 Å². The van der Waals surface area contributed by atoms with Gasteiger partial charge in [0.05, 0.1) is 4.99 Å². The van der Waals surface area contributed by atoms with Gasteiger partial charge in [0.2, 0.25) is 0 Å². The van der Waals surface area contributed by atoms with Gasteiger partial charge in [0.1, 0.15) is 5.69 Å². The molecule has 0 aliphatic heterocycles. The van der Waals surface area contributed by atoms with Gasteiger partial charge in [0.25, 0.3) is 5.91 Å². The SMILES string of the molecule is CCNC(=O)c1cc(N(CC)CC(C)C(N)=S)ccn1. The van der Waals surface area contributed by atoms with Crippen LogP contribution in [0.5, 0.6) is 0 Å². The minimum absolute atomic E-state index is 0.117. The predicted octanol–water partition coefficient (Wildman–Crippen LogP) is 1.58. The van der Waals surface area contributed by atoms with E-state index in [1.807, 2.05) is 19.9 Å². The van der Waals surface area contributed by atoms with E-state index in [0.29, 0.717) is 17.2 Å². The molecule has 0 aromatic carbocycles. The fraction of sp³-hybridized carbons (Fsp3) is 0.500. The van der Waals surface area contributed by atoms with Crippen molar-refractivity contribution in [3.05, 3.63) is 24.0 Å². The minimum atomic E-state index is -0.159. The topological polar surface area (TPSA) is 71.2 Å². The monoisotopic (exact) mass is 294 g/mol. The number of carbonyl (C=O) groups excluding carboxylic acids is 1. The van der Waals surface area contributed by atoms with Crippen molar-refractivity contribution in [3.8, 4) is 0 Å². The molecule has 1 aromatic heterocycles. The molecular weight excluding hydrogens is 272 g/mol. The zero-order valence-electron chi connectivity index (χ0n) is 12.2. The predicted molar refractivity (Wildman–Crippen MR) is 86.1 cm³/mol. The second-order valence-corrected chi connectivity index (χ2v) is 5.07. The van der Waals surface area contributed by atoms with E-state index in [1.54, 1.807) is 12.3 Å². The van der Waals surface area contributed by atoms with E-state index in [2.05, 4.69) is 22.1 Å². The van der Waals surface area contributed by atoms with Gasteiger partial charge in [-0.2, -0.15) is 0 Å². The average Bonchev–Trinajstić information content (AvgIpc) is 2.44. The molecule has 0 bridgehead atoms. The van der Waals surface area contributed by atoms with Crippen molar-refractivity contribution in [3.63, 3.8) is 0 Å². The second kappa shape index (κ2) is 7.79. The number of nitrogens with one attached hydrogen (secondary N) is 1. The maximum atomic E-state index is 11.8. The molecule has 0 aliphatic carbocycles. The molecule has 0 aliphatic rings. The largest absolute Gasteiger partial charge is 0.393 e. The smallest absolute Gasteiger partial charge is 0.269 e. The number of pyridine rings is 1. The van der Waals surface area contributed by atoms with Gasteiger partial charge in [-0.15, -0.1) is 0 Å². The van der Waals surface area contributed by atoms with E-state index >= 15 is 0 Å². The van der Waals surface area contributed by atoms with Crippen LogP contribution in [-0.2, 0) is 0 Å². The Hall–Kier alpha value is -1.69. The van der Waals surface area contributed by atoms with Crippen molar-refractivity contribution in [2.45, 2.75) is 20.8 Å². The van der Waals surface area contributed by atoms with Crippen LogP contribution in [0, 0.1) is 5.92 Å². The lowest BCUT2D eigenvalue weighted by molar-refractivity contribution is 0.0951. The summed E-state index contributed by atoms with van der Waals surface area (Å²) in [5.41, 5.74) is 7.04. The highest BCUT2D eigenvalue weighted by Gasteiger charge is 2.14. The fourth-order valence-corrected chi connectivity index (χ4v) is 1.90. The molecule has 20 heavy (non-hydrogen) atoms. The molecule has 0 spiro atoms. The first-order chi connectivity index (χ1) is 9.49. The van der Waals surface area contributed by atoms with E-state index < -0.39 is 0 Å². The number of amides is 1. The van der Waals surface area contributed by atoms with E-state index in [-0.39, 0.29) is 11.8 Å². The summed E-state index contributed by atoms with van der Waals surface area (Å²) in [4.78, 5) is 18.5. The number of rotatable bonds is 7. The summed E-state index contributed by atoms with van der Waals surface area (Å²) >= 11 is 5.01. The van der Waals surface area contributed by atoms with Crippen LogP contribution in [0.4, 0.5) is 5.69 Å². The Morgan fingerprint density at radius 3 is 2.80 bits per heavy atom. The Balaban J connectivity index is 2.90. The number of hydrogen-bond acceptors (Lipinski definition) is 4. The first-order valence-corrected chi connectivity index (χ1v) is 7.18. The van der Waals surface area contributed by atoms with Gasteiger partial charge in [-0.05, 0) is 26.0 Å². The summed E-state index contributed by atoms with van der Waals surface area (Å²) in [5.74, 6) is -0.0427. The van der Waals surface area contributed by atoms with E-state index in [4.69, 9.17) is 18.0 Å². The first kappa shape index (κ1) is 16.4. The van der Waals surface area contributed by atoms with Gasteiger partial charge in [-0.3, -0.25) is 9.78 Å². The van der Waals surface area contributed by atoms with Crippen molar-refractivity contribution in [1.82, 2.24) is 10.3 Å². The summed E-state index contributed by atoms with van der Waals surface area (Å²) in [7, 11) is 0. The molecule has 0 radical (unpaired) electrons. The zero-order valence-corrected chi connectivity index (χ0v) is 13.0. The summed E-state index contributed by atoms with van der Waals surface area (Å²) in [6, 6.07) is 3.68. The van der Waals surface area contributed by atoms with Gasteiger partial charge < -0.3 is 16.0 Å². The molecule has 1 rings (SSSR count). The van der Waals surface area contributed by atoms with Crippen LogP contribution < -0.4 is 16.0 Å². The zero-order chi connectivity index (χ0) is 15.1. The lowest BCUT2D eigenvalue weighted by Gasteiger charge is -2.26. The quantitative estimate of drug-likeness (QED) is 0.747. The molecule has 0 fully saturated rings. The lowest BCUT2D eigenvalue weighted by atomic mass is 10.1. The molecule has 1 atom stereocenters. The Kier molecular flexibility index (Phi) is 6.38. The van der Waals surface area contributed by atoms with E-state index in [9.17, 15) is 4.79 Å². The second-order valence-electron chi connectivity index (χ2n) is 4.60. The van der Waals surface area contributed by atoms with Crippen molar-refractivity contribution >= 4 is 28.8 Å². The van der Waals surface area contributed by atoms with Crippen LogP contribution in [0.15, 0.2) is 18.3 Å². The maximum Gasteiger partial charge on any atom is 0.269 e. The van der Waals surface area contributed by atoms with Crippen LogP contribution in [0.3, 0.4) is 0 Å². The Bertz CT molecular complexity index is 478. The van der Waals surface area contributed by atoms with Crippen molar-refractivity contribution in [2.24, 2.45) is 11.7 Å². The molecule has 110 valence electrons. The van der Waals surface area contributed by atoms with Crippen LogP contribution in [0.1, 0.15) is 31.3 Å². The number of nitrogens with zero attached hydrogens (tertiary/aromatic N) is 2. The number of nitrogens with two attached hydrogens (primary N) is 1. The summed E-state index contributed by atoms with van der Waals surface area (Å²) in [5, 5.41) is 2.74. The number of hydrogen-bond donors (Lipinski definition) is 2. The highest BCUT2D eigenvalue weighted by Crippen LogP contribution is 2.16. The van der Waals surface area contributed by atoms with E-state index in [1.165, 1.54) is 0 Å². The molecule has 0 saturated heterocycles. The molecule has 1 aromatic rings. The third-order valence-electron chi connectivity index (χ3n) is 3.04. The van der Waals surface area contributed by atoms with Gasteiger partial charge in [0.15, 0.2) is 0 Å². The third-order valence-corrected chi connectivity index (χ3v) is 3.44. The molecule has 3 N–H and O–H groups in total. The summed E-state index contributed by atoms with van der Waals surface area (Å²) in [6.07, 6.45) is 1.65. The molecule has 1 heterocycles. The Morgan fingerprint density at radius 1 is 1.55 bits per heavy atom. The Morgan fingerprint density at radius 2 is 2.25 bits per heavy atom. The first-order valence-electron chi connectivity index (χ1n) is 6.78. The average molecular weight is 294 g/mol. The molecular formula is C14H22N4OS. The molecule has 1 unspecified atom stereocenters. The fourth-order valence-electron chi connectivity index (χ4n) is 1.83. The van der Waals surface area contributed by atoms with Gasteiger partial charge in [-0.1, -0.05) is 19.1 Å². The number of carbonyl (C=O) groups is 1. The van der Waals surface area contributed by atoms with Crippen molar-refractivity contribution in [2.75, 3.05) is 24.5 Å². The number of aromatic nitrogens is 1. The molecule has 0 saturated carbocycles. The van der Waals surface area contributed by atoms with Crippen LogP contribution >= 0.6 is 12.2 Å². The Labute approximate surface area is 125 Å². The van der Waals surface area contributed by atoms with Crippen LogP contribution in [-0.4, -0.2) is 35.5 Å². The maximum absolute atomic E-state index is 11.8. The van der Waals surface area contributed by atoms with Crippen LogP contribution in [0.25, 0.3) is 0 Å². The molecule has 6 heteroatoms. The molecule has 5 nitrogen and oxygen atoms in total. The normalized spacial score (nSPS) is 11.8. The van der Waals surface area contributed by atoms with Gasteiger partial charge in [-0.25, -0.2) is 0 Å².